The van der Waals surface area contributed by atoms with Gasteiger partial charge in [-0.2, -0.15) is 10.2 Å². The van der Waals surface area contributed by atoms with Gasteiger partial charge in [0.05, 0.1) is 0 Å². The zero-order valence-corrected chi connectivity index (χ0v) is 12.6. The molecule has 4 heterocycles. The van der Waals surface area contributed by atoms with E-state index in [-0.39, 0.29) is 11.7 Å². The summed E-state index contributed by atoms with van der Waals surface area (Å²) >= 11 is 0. The first kappa shape index (κ1) is 14.2. The van der Waals surface area contributed by atoms with E-state index in [2.05, 4.69) is 40.1 Å². The Bertz CT molecular complexity index is 807. The van der Waals surface area contributed by atoms with E-state index in [4.69, 9.17) is 0 Å². The van der Waals surface area contributed by atoms with Crippen molar-refractivity contribution in [3.63, 3.8) is 0 Å². The zero-order chi connectivity index (χ0) is 16.4. The first-order valence-corrected chi connectivity index (χ1v) is 7.38. The number of aromatic amines is 1. The molecule has 1 saturated heterocycles. The summed E-state index contributed by atoms with van der Waals surface area (Å²) in [4.78, 5) is 32.4. The molecule has 11 nitrogen and oxygen atoms in total. The largest absolute Gasteiger partial charge is 0.353 e. The minimum absolute atomic E-state index is 0.141. The maximum absolute atomic E-state index is 12.2. The molecule has 0 aromatic carbocycles. The van der Waals surface area contributed by atoms with Crippen molar-refractivity contribution in [2.24, 2.45) is 0 Å². The van der Waals surface area contributed by atoms with E-state index in [1.165, 1.54) is 19.0 Å². The highest BCUT2D eigenvalue weighted by molar-refractivity contribution is 5.90. The minimum Gasteiger partial charge on any atom is -0.353 e. The smallest absolute Gasteiger partial charge is 0.291 e. The van der Waals surface area contributed by atoms with Gasteiger partial charge in [-0.25, -0.2) is 24.6 Å². The molecular formula is C13H14N10O. The molecule has 122 valence electrons. The Morgan fingerprint density at radius 3 is 2.54 bits per heavy atom. The Morgan fingerprint density at radius 2 is 1.83 bits per heavy atom. The molecule has 1 fully saturated rings. The number of anilines is 1. The molecule has 11 heteroatoms. The summed E-state index contributed by atoms with van der Waals surface area (Å²) < 4.78 is 1.58. The van der Waals surface area contributed by atoms with E-state index < -0.39 is 0 Å². The van der Waals surface area contributed by atoms with Crippen LogP contribution in [0.5, 0.6) is 0 Å². The summed E-state index contributed by atoms with van der Waals surface area (Å²) in [5.41, 5.74) is 0. The van der Waals surface area contributed by atoms with Crippen molar-refractivity contribution in [1.82, 2.24) is 44.8 Å². The van der Waals surface area contributed by atoms with Crippen molar-refractivity contribution >= 4 is 11.7 Å². The number of H-pyrrole nitrogens is 1. The van der Waals surface area contributed by atoms with Gasteiger partial charge in [0.25, 0.3) is 5.91 Å². The maximum Gasteiger partial charge on any atom is 0.291 e. The summed E-state index contributed by atoms with van der Waals surface area (Å²) in [5, 5.41) is 10.4. The summed E-state index contributed by atoms with van der Waals surface area (Å²) in [6.45, 7) is 2.52. The number of hydrogen-bond acceptors (Lipinski definition) is 8. The van der Waals surface area contributed by atoms with Crippen LogP contribution in [0.25, 0.3) is 5.82 Å². The quantitative estimate of drug-likeness (QED) is 0.659. The van der Waals surface area contributed by atoms with E-state index in [0.717, 1.165) is 5.82 Å². The van der Waals surface area contributed by atoms with Crippen LogP contribution in [0, 0.1) is 0 Å². The second-order valence-corrected chi connectivity index (χ2v) is 5.19. The molecule has 1 amide bonds. The lowest BCUT2D eigenvalue weighted by Crippen LogP contribution is -2.49. The van der Waals surface area contributed by atoms with Gasteiger partial charge < -0.3 is 9.80 Å². The molecule has 3 aromatic rings. The van der Waals surface area contributed by atoms with E-state index >= 15 is 0 Å². The average Bonchev–Trinajstić information content (AvgIpc) is 3.35. The normalized spacial score (nSPS) is 14.8. The molecule has 0 bridgehead atoms. The lowest BCUT2D eigenvalue weighted by atomic mass is 10.3. The van der Waals surface area contributed by atoms with Crippen LogP contribution in [0.15, 0.2) is 31.4 Å². The fourth-order valence-corrected chi connectivity index (χ4v) is 2.56. The number of carbonyl (C=O) groups excluding carboxylic acids is 1. The van der Waals surface area contributed by atoms with Crippen LogP contribution >= 0.6 is 0 Å². The Balaban J connectivity index is 1.44. The molecule has 0 aliphatic carbocycles. The van der Waals surface area contributed by atoms with Crippen molar-refractivity contribution in [1.29, 1.82) is 0 Å². The summed E-state index contributed by atoms with van der Waals surface area (Å²) in [7, 11) is 0. The van der Waals surface area contributed by atoms with Crippen molar-refractivity contribution in [3.8, 4) is 5.82 Å². The highest BCUT2D eigenvalue weighted by atomic mass is 16.2. The lowest BCUT2D eigenvalue weighted by molar-refractivity contribution is 0.0734. The molecule has 1 N–H and O–H groups in total. The Labute approximate surface area is 136 Å². The summed E-state index contributed by atoms with van der Waals surface area (Å²) in [6.07, 6.45) is 5.87. The van der Waals surface area contributed by atoms with Gasteiger partial charge in [0.2, 0.25) is 5.82 Å². The predicted molar refractivity (Wildman–Crippen MR) is 81.4 cm³/mol. The zero-order valence-electron chi connectivity index (χ0n) is 12.6. The van der Waals surface area contributed by atoms with Gasteiger partial charge in [0.15, 0.2) is 5.82 Å². The van der Waals surface area contributed by atoms with Crippen molar-refractivity contribution in [3.05, 3.63) is 37.2 Å². The number of rotatable bonds is 3. The minimum atomic E-state index is -0.141. The number of piperazine rings is 1. The van der Waals surface area contributed by atoms with Crippen molar-refractivity contribution in [2.75, 3.05) is 31.1 Å². The van der Waals surface area contributed by atoms with Gasteiger partial charge in [0.1, 0.15) is 31.1 Å². The number of amides is 1. The fourth-order valence-electron chi connectivity index (χ4n) is 2.56. The molecular weight excluding hydrogens is 312 g/mol. The van der Waals surface area contributed by atoms with Gasteiger partial charge in [-0.1, -0.05) is 0 Å². The van der Waals surface area contributed by atoms with Crippen molar-refractivity contribution in [2.45, 2.75) is 0 Å². The molecule has 24 heavy (non-hydrogen) atoms. The average molecular weight is 326 g/mol. The van der Waals surface area contributed by atoms with Gasteiger partial charge in [-0.05, 0) is 0 Å². The molecule has 0 spiro atoms. The number of carbonyl (C=O) groups is 1. The SMILES string of the molecule is O=C(c1ncn[nH]1)N1CCN(c2cc(-n3cncn3)ncn2)CC1. The Kier molecular flexibility index (Phi) is 3.57. The van der Waals surface area contributed by atoms with Gasteiger partial charge in [-0.3, -0.25) is 9.89 Å². The van der Waals surface area contributed by atoms with E-state index in [9.17, 15) is 4.79 Å². The van der Waals surface area contributed by atoms with E-state index in [1.807, 2.05) is 6.07 Å². The topological polar surface area (TPSA) is 122 Å². The lowest BCUT2D eigenvalue weighted by Gasteiger charge is -2.34. The number of hydrogen-bond donors (Lipinski definition) is 1. The van der Waals surface area contributed by atoms with Crippen molar-refractivity contribution < 1.29 is 4.79 Å². The van der Waals surface area contributed by atoms with E-state index in [0.29, 0.717) is 32.0 Å². The summed E-state index contributed by atoms with van der Waals surface area (Å²) in [5.74, 6) is 1.57. The molecule has 1 aliphatic heterocycles. The van der Waals surface area contributed by atoms with Crippen LogP contribution in [0.2, 0.25) is 0 Å². The monoisotopic (exact) mass is 326 g/mol. The van der Waals surface area contributed by atoms with Gasteiger partial charge in [0, 0.05) is 32.2 Å². The van der Waals surface area contributed by atoms with Gasteiger partial charge in [-0.15, -0.1) is 0 Å². The van der Waals surface area contributed by atoms with Crippen LogP contribution < -0.4 is 4.90 Å². The molecule has 0 atom stereocenters. The fraction of sp³-hybridized carbons (Fsp3) is 0.308. The number of aromatic nitrogens is 8. The second-order valence-electron chi connectivity index (χ2n) is 5.19. The molecule has 0 saturated carbocycles. The van der Waals surface area contributed by atoms with Crippen LogP contribution in [0.3, 0.4) is 0 Å². The molecule has 0 unspecified atom stereocenters. The molecule has 3 aromatic heterocycles. The number of nitrogens with zero attached hydrogens (tertiary/aromatic N) is 9. The number of nitrogens with one attached hydrogen (secondary N) is 1. The first-order valence-electron chi connectivity index (χ1n) is 7.38. The highest BCUT2D eigenvalue weighted by Gasteiger charge is 2.24. The third-order valence-corrected chi connectivity index (χ3v) is 3.80. The van der Waals surface area contributed by atoms with Crippen LogP contribution in [-0.4, -0.2) is 76.9 Å². The maximum atomic E-state index is 12.2. The van der Waals surface area contributed by atoms with Crippen LogP contribution in [0.1, 0.15) is 10.6 Å². The van der Waals surface area contributed by atoms with E-state index in [1.54, 1.807) is 15.9 Å². The third-order valence-electron chi connectivity index (χ3n) is 3.80. The molecule has 4 rings (SSSR count). The summed E-state index contributed by atoms with van der Waals surface area (Å²) in [6, 6.07) is 1.85. The van der Waals surface area contributed by atoms with Crippen LogP contribution in [-0.2, 0) is 0 Å². The second kappa shape index (κ2) is 6.02. The Hall–Kier alpha value is -3.37. The molecule has 0 radical (unpaired) electrons. The Morgan fingerprint density at radius 1 is 1.00 bits per heavy atom. The highest BCUT2D eigenvalue weighted by Crippen LogP contribution is 2.16. The predicted octanol–water partition coefficient (Wildman–Crippen LogP) is -0.862. The molecule has 1 aliphatic rings. The third kappa shape index (κ3) is 2.66. The van der Waals surface area contributed by atoms with Gasteiger partial charge >= 0.3 is 0 Å². The van der Waals surface area contributed by atoms with Crippen LogP contribution in [0.4, 0.5) is 5.82 Å². The first-order chi connectivity index (χ1) is 11.8. The standard InChI is InChI=1S/C13H14N10O/c24-13(12-17-8-18-20-12)22-3-1-21(2-4-22)10-5-11(16-7-15-10)23-9-14-6-19-23/h5-9H,1-4H2,(H,17,18,20).